The quantitative estimate of drug-likeness (QED) is 0.144. The third-order valence-electron chi connectivity index (χ3n) is 6.67. The Labute approximate surface area is 209 Å². The van der Waals surface area contributed by atoms with Crippen molar-refractivity contribution in [1.82, 2.24) is 0 Å². The van der Waals surface area contributed by atoms with Crippen LogP contribution in [-0.4, -0.2) is 12.6 Å². The molecule has 0 spiro atoms. The molecule has 188 valence electrons. The van der Waals surface area contributed by atoms with Gasteiger partial charge in [-0.05, 0) is 23.1 Å². The van der Waals surface area contributed by atoms with Gasteiger partial charge in [-0.2, -0.15) is 0 Å². The van der Waals surface area contributed by atoms with E-state index in [9.17, 15) is 4.79 Å². The summed E-state index contributed by atoms with van der Waals surface area (Å²) >= 11 is 0. The molecule has 2 rings (SSSR count). The van der Waals surface area contributed by atoms with E-state index in [1.807, 2.05) is 30.3 Å². The van der Waals surface area contributed by atoms with E-state index in [-0.39, 0.29) is 5.97 Å². The third-order valence-corrected chi connectivity index (χ3v) is 6.67. The standard InChI is InChI=1S/C32H48O2/c1-2-3-4-5-6-7-8-9-10-11-12-13-14-15-16-20-27-34-32(33)28-29-23-25-31(26-24-29)30-21-18-17-19-22-30/h17-19,21-26H,2-16,20,27-28H2,1H3. The topological polar surface area (TPSA) is 26.3 Å². The van der Waals surface area contributed by atoms with Gasteiger partial charge in [0.2, 0.25) is 0 Å². The molecule has 2 heteroatoms. The first kappa shape index (κ1) is 28.1. The molecule has 0 saturated carbocycles. The van der Waals surface area contributed by atoms with Crippen LogP contribution in [0.25, 0.3) is 11.1 Å². The van der Waals surface area contributed by atoms with Gasteiger partial charge < -0.3 is 4.74 Å². The summed E-state index contributed by atoms with van der Waals surface area (Å²) in [6.07, 6.45) is 22.0. The van der Waals surface area contributed by atoms with E-state index >= 15 is 0 Å². The minimum atomic E-state index is -0.117. The van der Waals surface area contributed by atoms with Crippen molar-refractivity contribution in [3.05, 3.63) is 60.2 Å². The second-order valence-electron chi connectivity index (χ2n) is 9.76. The number of benzene rings is 2. The van der Waals surface area contributed by atoms with Gasteiger partial charge in [0.1, 0.15) is 0 Å². The van der Waals surface area contributed by atoms with Gasteiger partial charge in [0.25, 0.3) is 0 Å². The Hall–Kier alpha value is -2.09. The second kappa shape index (κ2) is 19.2. The van der Waals surface area contributed by atoms with Crippen molar-refractivity contribution >= 4 is 5.97 Å². The van der Waals surface area contributed by atoms with Crippen LogP contribution < -0.4 is 0 Å². The molecule has 0 bridgehead atoms. The van der Waals surface area contributed by atoms with Gasteiger partial charge in [0.05, 0.1) is 13.0 Å². The van der Waals surface area contributed by atoms with Crippen LogP contribution in [0.4, 0.5) is 0 Å². The lowest BCUT2D eigenvalue weighted by Crippen LogP contribution is -2.09. The van der Waals surface area contributed by atoms with Crippen molar-refractivity contribution in [3.8, 4) is 11.1 Å². The van der Waals surface area contributed by atoms with Crippen LogP contribution in [0.3, 0.4) is 0 Å². The fraction of sp³-hybridized carbons (Fsp3) is 0.594. The highest BCUT2D eigenvalue weighted by Crippen LogP contribution is 2.19. The Morgan fingerprint density at radius 1 is 0.559 bits per heavy atom. The van der Waals surface area contributed by atoms with E-state index < -0.39 is 0 Å². The average molecular weight is 465 g/mol. The molecule has 2 aromatic carbocycles. The Kier molecular flexibility index (Phi) is 15.9. The number of ether oxygens (including phenoxy) is 1. The monoisotopic (exact) mass is 464 g/mol. The number of rotatable bonds is 20. The summed E-state index contributed by atoms with van der Waals surface area (Å²) in [6, 6.07) is 18.5. The molecule has 2 nitrogen and oxygen atoms in total. The zero-order valence-corrected chi connectivity index (χ0v) is 21.7. The van der Waals surface area contributed by atoms with Crippen LogP contribution in [0, 0.1) is 0 Å². The van der Waals surface area contributed by atoms with E-state index in [1.54, 1.807) is 0 Å². The van der Waals surface area contributed by atoms with Gasteiger partial charge in [0.15, 0.2) is 0 Å². The highest BCUT2D eigenvalue weighted by atomic mass is 16.5. The normalized spacial score (nSPS) is 11.0. The lowest BCUT2D eigenvalue weighted by Gasteiger charge is -2.07. The van der Waals surface area contributed by atoms with E-state index in [2.05, 4.69) is 31.2 Å². The Bertz CT molecular complexity index is 735. The number of hydrogen-bond acceptors (Lipinski definition) is 2. The molecule has 0 radical (unpaired) electrons. The SMILES string of the molecule is CCCCCCCCCCCCCCCCCCOC(=O)Cc1ccc(-c2ccccc2)cc1. The molecule has 0 unspecified atom stereocenters. The van der Waals surface area contributed by atoms with E-state index in [0.29, 0.717) is 13.0 Å². The van der Waals surface area contributed by atoms with Crippen LogP contribution in [-0.2, 0) is 16.0 Å². The molecule has 34 heavy (non-hydrogen) atoms. The minimum absolute atomic E-state index is 0.117. The predicted octanol–water partition coefficient (Wildman–Crippen LogP) is 9.70. The summed E-state index contributed by atoms with van der Waals surface area (Å²) < 4.78 is 5.44. The molecule has 0 aliphatic carbocycles. The molecule has 0 N–H and O–H groups in total. The smallest absolute Gasteiger partial charge is 0.310 e. The molecule has 0 saturated heterocycles. The lowest BCUT2D eigenvalue weighted by molar-refractivity contribution is -0.142. The van der Waals surface area contributed by atoms with Gasteiger partial charge in [-0.25, -0.2) is 0 Å². The molecule has 0 aromatic heterocycles. The zero-order chi connectivity index (χ0) is 24.1. The summed E-state index contributed by atoms with van der Waals surface area (Å²) in [5.74, 6) is -0.117. The number of esters is 1. The lowest BCUT2D eigenvalue weighted by atomic mass is 10.0. The van der Waals surface area contributed by atoms with Crippen LogP contribution in [0.15, 0.2) is 54.6 Å². The van der Waals surface area contributed by atoms with Crippen LogP contribution >= 0.6 is 0 Å². The molecule has 0 aliphatic rings. The van der Waals surface area contributed by atoms with Crippen LogP contribution in [0.2, 0.25) is 0 Å². The highest BCUT2D eigenvalue weighted by Gasteiger charge is 2.05. The molecule has 0 aliphatic heterocycles. The van der Waals surface area contributed by atoms with E-state index in [1.165, 1.54) is 101 Å². The number of carbonyl (C=O) groups excluding carboxylic acids is 1. The first-order valence-corrected chi connectivity index (χ1v) is 14.1. The van der Waals surface area contributed by atoms with Crippen molar-refractivity contribution in [2.45, 2.75) is 116 Å². The number of hydrogen-bond donors (Lipinski definition) is 0. The fourth-order valence-electron chi connectivity index (χ4n) is 4.50. The van der Waals surface area contributed by atoms with Crippen LogP contribution in [0.1, 0.15) is 115 Å². The first-order chi connectivity index (χ1) is 16.8. The van der Waals surface area contributed by atoms with E-state index in [4.69, 9.17) is 4.74 Å². The maximum atomic E-state index is 12.1. The summed E-state index contributed by atoms with van der Waals surface area (Å²) in [6.45, 7) is 2.84. The highest BCUT2D eigenvalue weighted by molar-refractivity contribution is 5.73. The van der Waals surface area contributed by atoms with Crippen molar-refractivity contribution < 1.29 is 9.53 Å². The summed E-state index contributed by atoms with van der Waals surface area (Å²) in [7, 11) is 0. The van der Waals surface area contributed by atoms with Crippen molar-refractivity contribution in [2.75, 3.05) is 6.61 Å². The first-order valence-electron chi connectivity index (χ1n) is 14.1. The largest absolute Gasteiger partial charge is 0.465 e. The van der Waals surface area contributed by atoms with Gasteiger partial charge in [-0.3, -0.25) is 4.79 Å². The van der Waals surface area contributed by atoms with E-state index in [0.717, 1.165) is 18.4 Å². The van der Waals surface area contributed by atoms with Crippen molar-refractivity contribution in [2.24, 2.45) is 0 Å². The minimum Gasteiger partial charge on any atom is -0.465 e. The maximum Gasteiger partial charge on any atom is 0.310 e. The molecule has 0 amide bonds. The second-order valence-corrected chi connectivity index (χ2v) is 9.76. The molecule has 2 aromatic rings. The number of carbonyl (C=O) groups is 1. The summed E-state index contributed by atoms with van der Waals surface area (Å²) in [5, 5.41) is 0. The number of unbranched alkanes of at least 4 members (excludes halogenated alkanes) is 15. The molecular formula is C32H48O2. The van der Waals surface area contributed by atoms with Gasteiger partial charge in [0, 0.05) is 0 Å². The summed E-state index contributed by atoms with van der Waals surface area (Å²) in [5.41, 5.74) is 3.38. The maximum absolute atomic E-state index is 12.1. The molecule has 0 fully saturated rings. The van der Waals surface area contributed by atoms with Gasteiger partial charge in [-0.1, -0.05) is 158 Å². The summed E-state index contributed by atoms with van der Waals surface area (Å²) in [4.78, 5) is 12.1. The zero-order valence-electron chi connectivity index (χ0n) is 21.7. The fourth-order valence-corrected chi connectivity index (χ4v) is 4.50. The Morgan fingerprint density at radius 3 is 1.50 bits per heavy atom. The van der Waals surface area contributed by atoms with Gasteiger partial charge >= 0.3 is 5.97 Å². The molecule has 0 heterocycles. The average Bonchev–Trinajstić information content (AvgIpc) is 2.87. The predicted molar refractivity (Wildman–Crippen MR) is 146 cm³/mol. The van der Waals surface area contributed by atoms with Gasteiger partial charge in [-0.15, -0.1) is 0 Å². The Balaban J connectivity index is 1.37. The molecule has 0 atom stereocenters. The Morgan fingerprint density at radius 2 is 1.00 bits per heavy atom. The third kappa shape index (κ3) is 13.6. The van der Waals surface area contributed by atoms with Crippen molar-refractivity contribution in [1.29, 1.82) is 0 Å². The molecular weight excluding hydrogens is 416 g/mol. The van der Waals surface area contributed by atoms with Crippen molar-refractivity contribution in [3.63, 3.8) is 0 Å². The van der Waals surface area contributed by atoms with Crippen LogP contribution in [0.5, 0.6) is 0 Å².